The molecule has 0 saturated heterocycles. The molecule has 0 atom stereocenters. The zero-order chi connectivity index (χ0) is 15.6. The summed E-state index contributed by atoms with van der Waals surface area (Å²) < 4.78 is 41.8. The predicted octanol–water partition coefficient (Wildman–Crippen LogP) is 3.99. The van der Waals surface area contributed by atoms with Gasteiger partial charge in [-0.3, -0.25) is 4.79 Å². The first kappa shape index (κ1) is 15.4. The molecule has 0 radical (unpaired) electrons. The third-order valence-electron chi connectivity index (χ3n) is 3.19. The van der Waals surface area contributed by atoms with Gasteiger partial charge in [-0.25, -0.2) is 0 Å². The van der Waals surface area contributed by atoms with E-state index in [1.165, 1.54) is 0 Å². The van der Waals surface area contributed by atoms with Gasteiger partial charge in [0.25, 0.3) is 5.91 Å². The van der Waals surface area contributed by atoms with E-state index in [-0.39, 0.29) is 5.76 Å². The fraction of sp³-hybridized carbons (Fsp3) is 0.400. The molecule has 21 heavy (non-hydrogen) atoms. The SMILES string of the molecule is CCCc1ccc2oc(C(=O)NCC(F)(F)F)c(C)c2c1. The average Bonchev–Trinajstić information content (AvgIpc) is 2.73. The number of alkyl halides is 3. The summed E-state index contributed by atoms with van der Waals surface area (Å²) >= 11 is 0. The van der Waals surface area contributed by atoms with Crippen LogP contribution in [0.15, 0.2) is 22.6 Å². The molecule has 2 rings (SSSR count). The van der Waals surface area contributed by atoms with Gasteiger partial charge in [0.2, 0.25) is 0 Å². The summed E-state index contributed by atoms with van der Waals surface area (Å²) in [4.78, 5) is 11.8. The Morgan fingerprint density at radius 1 is 1.33 bits per heavy atom. The number of rotatable bonds is 4. The van der Waals surface area contributed by atoms with Crippen LogP contribution in [-0.4, -0.2) is 18.6 Å². The second-order valence-electron chi connectivity index (χ2n) is 4.93. The highest BCUT2D eigenvalue weighted by molar-refractivity contribution is 5.99. The molecule has 0 aliphatic carbocycles. The number of fused-ring (bicyclic) bond motifs is 1. The van der Waals surface area contributed by atoms with Crippen LogP contribution in [0.2, 0.25) is 0 Å². The number of hydrogen-bond donors (Lipinski definition) is 1. The van der Waals surface area contributed by atoms with Crippen molar-refractivity contribution < 1.29 is 22.4 Å². The van der Waals surface area contributed by atoms with Crippen LogP contribution in [0.4, 0.5) is 13.2 Å². The number of furan rings is 1. The minimum atomic E-state index is -4.44. The highest BCUT2D eigenvalue weighted by Crippen LogP contribution is 2.27. The standard InChI is InChI=1S/C15H16F3NO2/c1-3-4-10-5-6-12-11(7-10)9(2)13(21-12)14(20)19-8-15(16,17)18/h5-7H,3-4,8H2,1-2H3,(H,19,20). The molecule has 6 heteroatoms. The molecule has 1 N–H and O–H groups in total. The summed E-state index contributed by atoms with van der Waals surface area (Å²) in [6, 6.07) is 5.55. The minimum Gasteiger partial charge on any atom is -0.451 e. The molecule has 0 fully saturated rings. The van der Waals surface area contributed by atoms with Crippen LogP contribution >= 0.6 is 0 Å². The average molecular weight is 299 g/mol. The molecule has 0 unspecified atom stereocenters. The lowest BCUT2D eigenvalue weighted by atomic mass is 10.1. The molecule has 0 aliphatic heterocycles. The number of aryl methyl sites for hydroxylation is 2. The van der Waals surface area contributed by atoms with Crippen molar-refractivity contribution in [3.05, 3.63) is 35.1 Å². The molecular weight excluding hydrogens is 283 g/mol. The molecule has 0 aliphatic rings. The first-order valence-corrected chi connectivity index (χ1v) is 6.69. The van der Waals surface area contributed by atoms with Crippen LogP contribution in [0.3, 0.4) is 0 Å². The number of carbonyl (C=O) groups excluding carboxylic acids is 1. The van der Waals surface area contributed by atoms with Crippen molar-refractivity contribution in [1.82, 2.24) is 5.32 Å². The monoisotopic (exact) mass is 299 g/mol. The summed E-state index contributed by atoms with van der Waals surface area (Å²) in [5, 5.41) is 2.58. The van der Waals surface area contributed by atoms with Crippen molar-refractivity contribution in [2.75, 3.05) is 6.54 Å². The Labute approximate surface area is 120 Å². The Kier molecular flexibility index (Phi) is 4.25. The van der Waals surface area contributed by atoms with Gasteiger partial charge in [0.05, 0.1) is 0 Å². The summed E-state index contributed by atoms with van der Waals surface area (Å²) in [5.41, 5.74) is 2.17. The van der Waals surface area contributed by atoms with Crippen LogP contribution in [-0.2, 0) is 6.42 Å². The lowest BCUT2D eigenvalue weighted by Gasteiger charge is -2.06. The molecule has 0 bridgehead atoms. The molecule has 1 aromatic carbocycles. The predicted molar refractivity (Wildman–Crippen MR) is 73.3 cm³/mol. The summed E-state index contributed by atoms with van der Waals surface area (Å²) in [6.45, 7) is 2.36. The lowest BCUT2D eigenvalue weighted by molar-refractivity contribution is -0.123. The van der Waals surface area contributed by atoms with Gasteiger partial charge < -0.3 is 9.73 Å². The topological polar surface area (TPSA) is 42.2 Å². The maximum atomic E-state index is 12.1. The van der Waals surface area contributed by atoms with Crippen LogP contribution in [0.25, 0.3) is 11.0 Å². The van der Waals surface area contributed by atoms with Crippen LogP contribution in [0, 0.1) is 6.92 Å². The Morgan fingerprint density at radius 3 is 2.67 bits per heavy atom. The van der Waals surface area contributed by atoms with E-state index in [0.717, 1.165) is 23.8 Å². The molecule has 2 aromatic rings. The Hall–Kier alpha value is -1.98. The largest absolute Gasteiger partial charge is 0.451 e. The van der Waals surface area contributed by atoms with E-state index in [9.17, 15) is 18.0 Å². The van der Waals surface area contributed by atoms with Gasteiger partial charge in [-0.05, 0) is 31.0 Å². The molecule has 0 spiro atoms. The van der Waals surface area contributed by atoms with Gasteiger partial charge in [0.15, 0.2) is 5.76 Å². The van der Waals surface area contributed by atoms with Gasteiger partial charge in [0.1, 0.15) is 12.1 Å². The third kappa shape index (κ3) is 3.56. The quantitative estimate of drug-likeness (QED) is 0.927. The summed E-state index contributed by atoms with van der Waals surface area (Å²) in [7, 11) is 0. The maximum Gasteiger partial charge on any atom is 0.405 e. The van der Waals surface area contributed by atoms with E-state index in [1.54, 1.807) is 13.0 Å². The first-order valence-electron chi connectivity index (χ1n) is 6.69. The number of nitrogens with one attached hydrogen (secondary N) is 1. The van der Waals surface area contributed by atoms with Gasteiger partial charge >= 0.3 is 6.18 Å². The molecule has 3 nitrogen and oxygen atoms in total. The Morgan fingerprint density at radius 2 is 2.05 bits per heavy atom. The lowest BCUT2D eigenvalue weighted by Crippen LogP contribution is -2.33. The van der Waals surface area contributed by atoms with Gasteiger partial charge in [0, 0.05) is 10.9 Å². The number of carbonyl (C=O) groups is 1. The normalized spacial score (nSPS) is 11.9. The molecule has 1 heterocycles. The zero-order valence-corrected chi connectivity index (χ0v) is 11.8. The Balaban J connectivity index is 2.28. The second-order valence-corrected chi connectivity index (χ2v) is 4.93. The van der Waals surface area contributed by atoms with Crippen molar-refractivity contribution >= 4 is 16.9 Å². The van der Waals surface area contributed by atoms with E-state index in [1.807, 2.05) is 17.4 Å². The van der Waals surface area contributed by atoms with Crippen molar-refractivity contribution in [1.29, 1.82) is 0 Å². The minimum absolute atomic E-state index is 0.0668. The zero-order valence-electron chi connectivity index (χ0n) is 11.8. The molecular formula is C15H16F3NO2. The van der Waals surface area contributed by atoms with E-state index < -0.39 is 18.6 Å². The molecule has 0 saturated carbocycles. The van der Waals surface area contributed by atoms with Crippen LogP contribution < -0.4 is 5.32 Å². The second kappa shape index (κ2) is 5.79. The molecule has 114 valence electrons. The van der Waals surface area contributed by atoms with Crippen molar-refractivity contribution in [3.8, 4) is 0 Å². The van der Waals surface area contributed by atoms with Gasteiger partial charge in [-0.2, -0.15) is 13.2 Å². The van der Waals surface area contributed by atoms with Crippen molar-refractivity contribution in [2.24, 2.45) is 0 Å². The highest BCUT2D eigenvalue weighted by atomic mass is 19.4. The van der Waals surface area contributed by atoms with E-state index in [0.29, 0.717) is 11.1 Å². The molecule has 1 amide bonds. The number of halogens is 3. The Bertz CT molecular complexity index is 659. The van der Waals surface area contributed by atoms with Crippen LogP contribution in [0.1, 0.15) is 35.0 Å². The number of hydrogen-bond acceptors (Lipinski definition) is 2. The first-order chi connectivity index (χ1) is 9.81. The highest BCUT2D eigenvalue weighted by Gasteiger charge is 2.29. The van der Waals surface area contributed by atoms with Crippen molar-refractivity contribution in [2.45, 2.75) is 32.9 Å². The number of amides is 1. The van der Waals surface area contributed by atoms with Gasteiger partial charge in [-0.15, -0.1) is 0 Å². The van der Waals surface area contributed by atoms with E-state index in [4.69, 9.17) is 4.42 Å². The fourth-order valence-electron chi connectivity index (χ4n) is 2.19. The van der Waals surface area contributed by atoms with E-state index >= 15 is 0 Å². The van der Waals surface area contributed by atoms with Gasteiger partial charge in [-0.1, -0.05) is 19.4 Å². The smallest absolute Gasteiger partial charge is 0.405 e. The van der Waals surface area contributed by atoms with Crippen molar-refractivity contribution in [3.63, 3.8) is 0 Å². The summed E-state index contributed by atoms with van der Waals surface area (Å²) in [6.07, 6.45) is -2.55. The van der Waals surface area contributed by atoms with E-state index in [2.05, 4.69) is 6.92 Å². The van der Waals surface area contributed by atoms with Crippen LogP contribution in [0.5, 0.6) is 0 Å². The fourth-order valence-corrected chi connectivity index (χ4v) is 2.19. The third-order valence-corrected chi connectivity index (χ3v) is 3.19. The maximum absolute atomic E-state index is 12.1. The number of benzene rings is 1. The molecule has 1 aromatic heterocycles. The summed E-state index contributed by atoms with van der Waals surface area (Å²) in [5.74, 6) is -0.916.